The second-order valence-electron chi connectivity index (χ2n) is 14.4. The van der Waals surface area contributed by atoms with E-state index in [0.717, 1.165) is 75.1 Å². The molecule has 45 heavy (non-hydrogen) atoms. The zero-order chi connectivity index (χ0) is 31.7. The largest absolute Gasteiger partial charge is 0.342 e. The van der Waals surface area contributed by atoms with Gasteiger partial charge in [0.15, 0.2) is 23.2 Å². The van der Waals surface area contributed by atoms with Crippen LogP contribution in [-0.4, -0.2) is 32.0 Å². The van der Waals surface area contributed by atoms with Gasteiger partial charge in [-0.2, -0.15) is 10.2 Å². The zero-order valence-electron chi connectivity index (χ0n) is 26.7. The number of hydrogen-bond acceptors (Lipinski definition) is 7. The van der Waals surface area contributed by atoms with Crippen LogP contribution < -0.4 is 10.6 Å². The standard InChI is InChI=1S/C19H21N3O.C17H19N3OS/c1-11-15-16(12-7-5-4-6-8-12)17-13(20-18(15)22-21-11)9-19(2,3)10-14(17)23;1-9-13-15(12-5-4-6-22-12)14-10(18-16(13)20-19-9)7-17(2,3)8-11(14)21/h4-8,16H,9-10H2,1-3H3,(H2,20,21,22);4-6,15H,7-8H2,1-3H3,(H2,18,19,20). The number of allylic oxidation sites excluding steroid dienone is 4. The molecule has 0 spiro atoms. The first-order valence-electron chi connectivity index (χ1n) is 15.7. The number of thiophene rings is 1. The molecule has 232 valence electrons. The monoisotopic (exact) mass is 620 g/mol. The van der Waals surface area contributed by atoms with Crippen molar-refractivity contribution in [2.24, 2.45) is 10.8 Å². The predicted octanol–water partition coefficient (Wildman–Crippen LogP) is 7.90. The highest BCUT2D eigenvalue weighted by Gasteiger charge is 2.43. The van der Waals surface area contributed by atoms with Crippen LogP contribution in [0.25, 0.3) is 0 Å². The van der Waals surface area contributed by atoms with Gasteiger partial charge < -0.3 is 10.6 Å². The Labute approximate surface area is 267 Å². The number of aromatic nitrogens is 4. The van der Waals surface area contributed by atoms with Crippen molar-refractivity contribution in [3.63, 3.8) is 0 Å². The number of benzene rings is 1. The Morgan fingerprint density at radius 2 is 1.20 bits per heavy atom. The zero-order valence-corrected chi connectivity index (χ0v) is 27.5. The summed E-state index contributed by atoms with van der Waals surface area (Å²) in [5, 5.41) is 23.9. The fourth-order valence-electron chi connectivity index (χ4n) is 7.63. The first kappa shape index (κ1) is 29.5. The summed E-state index contributed by atoms with van der Waals surface area (Å²) < 4.78 is 0. The first-order valence-corrected chi connectivity index (χ1v) is 16.5. The van der Waals surface area contributed by atoms with Crippen LogP contribution in [0.5, 0.6) is 0 Å². The van der Waals surface area contributed by atoms with Gasteiger partial charge in [-0.15, -0.1) is 11.3 Å². The minimum atomic E-state index is -0.0233. The third-order valence-electron chi connectivity index (χ3n) is 9.48. The molecule has 8 nitrogen and oxygen atoms in total. The molecule has 4 N–H and O–H groups in total. The molecule has 0 saturated carbocycles. The maximum absolute atomic E-state index is 12.9. The number of nitrogens with one attached hydrogen (secondary N) is 4. The predicted molar refractivity (Wildman–Crippen MR) is 178 cm³/mol. The molecular formula is C36H40N6O2S. The minimum absolute atomic E-state index is 0.00573. The third kappa shape index (κ3) is 5.17. The molecule has 9 heteroatoms. The average Bonchev–Trinajstić information content (AvgIpc) is 3.72. The van der Waals surface area contributed by atoms with Crippen LogP contribution in [0.1, 0.15) is 98.2 Å². The molecular weight excluding hydrogens is 581 g/mol. The SMILES string of the molecule is Cc1[nH]nc2c1C(c1ccccc1)C1=C(CC(C)(C)CC1=O)N2.Cc1[nH]nc2c1C(c1cccs1)C1=C(CC(C)(C)CC1=O)N2. The highest BCUT2D eigenvalue weighted by molar-refractivity contribution is 7.10. The van der Waals surface area contributed by atoms with E-state index in [1.165, 1.54) is 4.88 Å². The topological polar surface area (TPSA) is 116 Å². The first-order chi connectivity index (χ1) is 21.4. The molecule has 8 rings (SSSR count). The van der Waals surface area contributed by atoms with Crippen LogP contribution in [0, 0.1) is 24.7 Å². The van der Waals surface area contributed by atoms with Crippen molar-refractivity contribution in [2.75, 3.05) is 10.6 Å². The van der Waals surface area contributed by atoms with E-state index in [2.05, 4.69) is 88.4 Å². The van der Waals surface area contributed by atoms with E-state index < -0.39 is 0 Å². The van der Waals surface area contributed by atoms with Crippen LogP contribution in [0.15, 0.2) is 70.4 Å². The molecule has 2 aliphatic heterocycles. The quantitative estimate of drug-likeness (QED) is 0.181. The molecule has 1 aromatic carbocycles. The minimum Gasteiger partial charge on any atom is -0.342 e. The highest BCUT2D eigenvalue weighted by Crippen LogP contribution is 2.51. The Balaban J connectivity index is 0.000000145. The van der Waals surface area contributed by atoms with E-state index in [9.17, 15) is 9.59 Å². The van der Waals surface area contributed by atoms with Gasteiger partial charge in [0, 0.05) is 68.7 Å². The van der Waals surface area contributed by atoms with Crippen molar-refractivity contribution in [1.29, 1.82) is 0 Å². The van der Waals surface area contributed by atoms with Crippen molar-refractivity contribution in [3.8, 4) is 0 Å². The summed E-state index contributed by atoms with van der Waals surface area (Å²) in [5.74, 6) is 2.26. The van der Waals surface area contributed by atoms with Crippen molar-refractivity contribution < 1.29 is 9.59 Å². The lowest BCUT2D eigenvalue weighted by Crippen LogP contribution is -2.33. The summed E-state index contributed by atoms with van der Waals surface area (Å²) >= 11 is 1.71. The molecule has 2 unspecified atom stereocenters. The summed E-state index contributed by atoms with van der Waals surface area (Å²) in [6.45, 7) is 12.7. The van der Waals surface area contributed by atoms with Gasteiger partial charge in [-0.3, -0.25) is 19.8 Å². The second kappa shape index (κ2) is 10.7. The Hall–Kier alpha value is -4.24. The summed E-state index contributed by atoms with van der Waals surface area (Å²) in [4.78, 5) is 27.0. The fraction of sp³-hybridized carbons (Fsp3) is 0.389. The number of Topliss-reactive ketones (excluding diaryl/α,β-unsaturated/α-hetero) is 2. The Kier molecular flexibility index (Phi) is 7.00. The number of rotatable bonds is 2. The van der Waals surface area contributed by atoms with E-state index in [-0.39, 0.29) is 34.2 Å². The Morgan fingerprint density at radius 3 is 1.71 bits per heavy atom. The summed E-state index contributed by atoms with van der Waals surface area (Å²) in [5.41, 5.74) is 9.39. The molecule has 0 amide bonds. The summed E-state index contributed by atoms with van der Waals surface area (Å²) in [7, 11) is 0. The highest BCUT2D eigenvalue weighted by atomic mass is 32.1. The lowest BCUT2D eigenvalue weighted by atomic mass is 9.69. The van der Waals surface area contributed by atoms with E-state index in [1.807, 2.05) is 32.0 Å². The molecule has 4 aliphatic rings. The molecule has 2 aliphatic carbocycles. The maximum atomic E-state index is 12.9. The number of carbonyl (C=O) groups is 2. The summed E-state index contributed by atoms with van der Waals surface area (Å²) in [6.07, 6.45) is 2.98. The van der Waals surface area contributed by atoms with Gasteiger partial charge in [0.05, 0.1) is 5.92 Å². The molecule has 2 atom stereocenters. The van der Waals surface area contributed by atoms with Crippen LogP contribution in [0.3, 0.4) is 0 Å². The van der Waals surface area contributed by atoms with Gasteiger partial charge in [0.25, 0.3) is 0 Å². The Bertz CT molecular complexity index is 1870. The molecule has 5 heterocycles. The van der Waals surface area contributed by atoms with E-state index >= 15 is 0 Å². The number of H-pyrrole nitrogens is 2. The number of ketones is 2. The second-order valence-corrected chi connectivity index (χ2v) is 15.4. The Morgan fingerprint density at radius 1 is 0.689 bits per heavy atom. The van der Waals surface area contributed by atoms with Crippen molar-refractivity contribution in [3.05, 3.63) is 103 Å². The number of aryl methyl sites for hydroxylation is 2. The lowest BCUT2D eigenvalue weighted by Gasteiger charge is -2.38. The number of hydrogen-bond donors (Lipinski definition) is 4. The van der Waals surface area contributed by atoms with Crippen LogP contribution >= 0.6 is 11.3 Å². The number of anilines is 2. The van der Waals surface area contributed by atoms with Gasteiger partial charge in [0.1, 0.15) is 0 Å². The van der Waals surface area contributed by atoms with Gasteiger partial charge in [-0.1, -0.05) is 64.1 Å². The van der Waals surface area contributed by atoms with Crippen LogP contribution in [0.2, 0.25) is 0 Å². The maximum Gasteiger partial charge on any atom is 0.162 e. The van der Waals surface area contributed by atoms with E-state index in [0.29, 0.717) is 12.8 Å². The molecule has 0 saturated heterocycles. The number of carbonyl (C=O) groups excluding carboxylic acids is 2. The number of nitrogens with zero attached hydrogens (tertiary/aromatic N) is 2. The summed E-state index contributed by atoms with van der Waals surface area (Å²) in [6, 6.07) is 14.4. The number of fused-ring (bicyclic) bond motifs is 2. The van der Waals surface area contributed by atoms with Crippen molar-refractivity contribution in [2.45, 2.75) is 79.1 Å². The number of aromatic amines is 2. The molecule has 4 aromatic rings. The molecule has 0 fully saturated rings. The van der Waals surface area contributed by atoms with Crippen LogP contribution in [-0.2, 0) is 9.59 Å². The van der Waals surface area contributed by atoms with Crippen LogP contribution in [0.4, 0.5) is 11.6 Å². The third-order valence-corrected chi connectivity index (χ3v) is 10.4. The van der Waals surface area contributed by atoms with E-state index in [1.54, 1.807) is 11.3 Å². The van der Waals surface area contributed by atoms with Gasteiger partial charge in [-0.25, -0.2) is 0 Å². The smallest absolute Gasteiger partial charge is 0.162 e. The van der Waals surface area contributed by atoms with E-state index in [4.69, 9.17) is 0 Å². The van der Waals surface area contributed by atoms with Crippen molar-refractivity contribution >= 4 is 34.5 Å². The average molecular weight is 621 g/mol. The molecule has 0 bridgehead atoms. The van der Waals surface area contributed by atoms with Gasteiger partial charge in [-0.05, 0) is 54.5 Å². The van der Waals surface area contributed by atoms with Gasteiger partial charge >= 0.3 is 0 Å². The van der Waals surface area contributed by atoms with Crippen molar-refractivity contribution in [1.82, 2.24) is 20.4 Å². The molecule has 0 radical (unpaired) electrons. The molecule has 3 aromatic heterocycles. The fourth-order valence-corrected chi connectivity index (χ4v) is 8.47. The van der Waals surface area contributed by atoms with Gasteiger partial charge in [0.2, 0.25) is 0 Å². The lowest BCUT2D eigenvalue weighted by molar-refractivity contribution is -0.119. The normalized spacial score (nSPS) is 22.7.